The number of benzene rings is 1. The predicted molar refractivity (Wildman–Crippen MR) is 62.7 cm³/mol. The molecule has 0 amide bonds. The van der Waals surface area contributed by atoms with Gasteiger partial charge in [0.2, 0.25) is 0 Å². The summed E-state index contributed by atoms with van der Waals surface area (Å²) in [5, 5.41) is 18.3. The highest BCUT2D eigenvalue weighted by atomic mass is 16.4. The highest BCUT2D eigenvalue weighted by molar-refractivity contribution is 6.58. The van der Waals surface area contributed by atoms with Crippen molar-refractivity contribution in [3.8, 4) is 0 Å². The van der Waals surface area contributed by atoms with Crippen molar-refractivity contribution >= 4 is 12.6 Å². The normalized spacial score (nSPS) is 13.1. The molecule has 0 fully saturated rings. The van der Waals surface area contributed by atoms with Gasteiger partial charge in [-0.15, -0.1) is 0 Å². The SMILES string of the molecule is OB(O)c1ccc2c(c1)Cc1c[nH]cc1C2. The maximum absolute atomic E-state index is 9.13. The number of rotatable bonds is 1. The molecule has 0 spiro atoms. The number of hydrogen-bond acceptors (Lipinski definition) is 2. The first kappa shape index (κ1) is 9.69. The minimum atomic E-state index is -1.38. The van der Waals surface area contributed by atoms with Gasteiger partial charge in [0.05, 0.1) is 0 Å². The second kappa shape index (κ2) is 3.51. The molecule has 0 radical (unpaired) electrons. The maximum atomic E-state index is 9.13. The molecule has 0 aliphatic heterocycles. The van der Waals surface area contributed by atoms with Gasteiger partial charge >= 0.3 is 7.12 Å². The Morgan fingerprint density at radius 2 is 1.62 bits per heavy atom. The van der Waals surface area contributed by atoms with Crippen molar-refractivity contribution < 1.29 is 10.0 Å². The molecule has 0 unspecified atom stereocenters. The largest absolute Gasteiger partial charge is 0.488 e. The van der Waals surface area contributed by atoms with Crippen LogP contribution in [0.1, 0.15) is 22.3 Å². The molecular formula is C12H12BNO2. The van der Waals surface area contributed by atoms with Gasteiger partial charge < -0.3 is 15.0 Å². The lowest BCUT2D eigenvalue weighted by Crippen LogP contribution is -2.30. The van der Waals surface area contributed by atoms with E-state index in [1.54, 1.807) is 6.07 Å². The second-order valence-electron chi connectivity index (χ2n) is 4.26. The Bertz CT molecular complexity index is 534. The number of aromatic nitrogens is 1. The summed E-state index contributed by atoms with van der Waals surface area (Å²) in [4.78, 5) is 3.11. The van der Waals surface area contributed by atoms with E-state index < -0.39 is 7.12 Å². The molecule has 80 valence electrons. The molecule has 16 heavy (non-hydrogen) atoms. The number of fused-ring (bicyclic) bond motifs is 2. The fraction of sp³-hybridized carbons (Fsp3) is 0.167. The van der Waals surface area contributed by atoms with Gasteiger partial charge in [-0.25, -0.2) is 0 Å². The van der Waals surface area contributed by atoms with Gasteiger partial charge in [0, 0.05) is 12.4 Å². The Balaban J connectivity index is 2.03. The van der Waals surface area contributed by atoms with Crippen LogP contribution in [0.4, 0.5) is 0 Å². The van der Waals surface area contributed by atoms with Gasteiger partial charge in [-0.3, -0.25) is 0 Å². The van der Waals surface area contributed by atoms with Crippen molar-refractivity contribution in [2.45, 2.75) is 12.8 Å². The van der Waals surface area contributed by atoms with E-state index in [9.17, 15) is 0 Å². The molecule has 2 aromatic rings. The summed E-state index contributed by atoms with van der Waals surface area (Å²) in [5.41, 5.74) is 5.67. The van der Waals surface area contributed by atoms with Crippen molar-refractivity contribution in [1.29, 1.82) is 0 Å². The minimum absolute atomic E-state index is 0.567. The van der Waals surface area contributed by atoms with E-state index in [0.717, 1.165) is 12.8 Å². The first-order valence-corrected chi connectivity index (χ1v) is 5.36. The van der Waals surface area contributed by atoms with Gasteiger partial charge in [0.1, 0.15) is 0 Å². The zero-order valence-corrected chi connectivity index (χ0v) is 8.77. The molecule has 1 heterocycles. The highest BCUT2D eigenvalue weighted by Crippen LogP contribution is 2.25. The predicted octanol–water partition coefficient (Wildman–Crippen LogP) is 0.189. The van der Waals surface area contributed by atoms with Crippen molar-refractivity contribution in [2.75, 3.05) is 0 Å². The summed E-state index contributed by atoms with van der Waals surface area (Å²) >= 11 is 0. The van der Waals surface area contributed by atoms with Gasteiger partial charge in [-0.1, -0.05) is 18.2 Å². The number of hydrogen-bond donors (Lipinski definition) is 3. The molecule has 0 saturated carbocycles. The van der Waals surface area contributed by atoms with Crippen LogP contribution in [-0.2, 0) is 12.8 Å². The Morgan fingerprint density at radius 3 is 2.31 bits per heavy atom. The summed E-state index contributed by atoms with van der Waals surface area (Å²) in [6.45, 7) is 0. The van der Waals surface area contributed by atoms with Gasteiger partial charge in [0.25, 0.3) is 0 Å². The smallest absolute Gasteiger partial charge is 0.423 e. The minimum Gasteiger partial charge on any atom is -0.423 e. The molecule has 1 aromatic heterocycles. The molecule has 0 saturated heterocycles. The molecule has 1 aliphatic carbocycles. The van der Waals surface area contributed by atoms with E-state index in [0.29, 0.717) is 5.46 Å². The second-order valence-corrected chi connectivity index (χ2v) is 4.26. The molecule has 1 aliphatic rings. The van der Waals surface area contributed by atoms with Crippen LogP contribution < -0.4 is 5.46 Å². The zero-order chi connectivity index (χ0) is 11.1. The average Bonchev–Trinajstić information content (AvgIpc) is 2.71. The number of aromatic amines is 1. The standard InChI is InChI=1S/C12H12BNO2/c15-13(16)12-2-1-8-3-10-6-14-7-11(10)4-9(8)5-12/h1-2,5-7,14-16H,3-4H2. The maximum Gasteiger partial charge on any atom is 0.488 e. The third-order valence-corrected chi connectivity index (χ3v) is 3.22. The summed E-state index contributed by atoms with van der Waals surface area (Å²) in [7, 11) is -1.38. The van der Waals surface area contributed by atoms with Crippen LogP contribution in [0.25, 0.3) is 0 Å². The molecule has 1 aromatic carbocycles. The Labute approximate surface area is 93.9 Å². The molecule has 0 bridgehead atoms. The van der Waals surface area contributed by atoms with E-state index >= 15 is 0 Å². The zero-order valence-electron chi connectivity index (χ0n) is 8.77. The topological polar surface area (TPSA) is 56.2 Å². The van der Waals surface area contributed by atoms with E-state index in [1.807, 2.05) is 24.5 Å². The van der Waals surface area contributed by atoms with E-state index in [2.05, 4.69) is 4.98 Å². The van der Waals surface area contributed by atoms with Crippen molar-refractivity contribution in [3.05, 3.63) is 52.8 Å². The first-order chi connectivity index (χ1) is 7.74. The Morgan fingerprint density at radius 1 is 0.938 bits per heavy atom. The monoisotopic (exact) mass is 213 g/mol. The van der Waals surface area contributed by atoms with Crippen LogP contribution in [0.2, 0.25) is 0 Å². The van der Waals surface area contributed by atoms with Crippen LogP contribution in [0.3, 0.4) is 0 Å². The van der Waals surface area contributed by atoms with E-state index in [-0.39, 0.29) is 0 Å². The van der Waals surface area contributed by atoms with E-state index in [4.69, 9.17) is 10.0 Å². The third kappa shape index (κ3) is 1.47. The van der Waals surface area contributed by atoms with Crippen LogP contribution in [-0.4, -0.2) is 22.2 Å². The van der Waals surface area contributed by atoms with Crippen molar-refractivity contribution in [3.63, 3.8) is 0 Å². The van der Waals surface area contributed by atoms with Crippen LogP contribution in [0.15, 0.2) is 30.6 Å². The van der Waals surface area contributed by atoms with Crippen LogP contribution in [0.5, 0.6) is 0 Å². The lowest BCUT2D eigenvalue weighted by molar-refractivity contribution is 0.425. The Hall–Kier alpha value is -1.52. The summed E-state index contributed by atoms with van der Waals surface area (Å²) < 4.78 is 0. The van der Waals surface area contributed by atoms with Crippen LogP contribution >= 0.6 is 0 Å². The third-order valence-electron chi connectivity index (χ3n) is 3.22. The molecule has 3 nitrogen and oxygen atoms in total. The summed E-state index contributed by atoms with van der Waals surface area (Å²) in [6, 6.07) is 5.65. The fourth-order valence-electron chi connectivity index (χ4n) is 2.31. The summed E-state index contributed by atoms with van der Waals surface area (Å²) in [6.07, 6.45) is 5.85. The molecule has 3 rings (SSSR count). The lowest BCUT2D eigenvalue weighted by atomic mass is 9.76. The van der Waals surface area contributed by atoms with Gasteiger partial charge in [-0.2, -0.15) is 0 Å². The fourth-order valence-corrected chi connectivity index (χ4v) is 2.31. The first-order valence-electron chi connectivity index (χ1n) is 5.36. The highest BCUT2D eigenvalue weighted by Gasteiger charge is 2.18. The molecule has 4 heteroatoms. The van der Waals surface area contributed by atoms with E-state index in [1.165, 1.54) is 22.3 Å². The Kier molecular flexibility index (Phi) is 2.12. The quantitative estimate of drug-likeness (QED) is 0.505. The summed E-state index contributed by atoms with van der Waals surface area (Å²) in [5.74, 6) is 0. The number of nitrogens with one attached hydrogen (secondary N) is 1. The number of H-pyrrole nitrogens is 1. The molecular weight excluding hydrogens is 201 g/mol. The van der Waals surface area contributed by atoms with Crippen molar-refractivity contribution in [2.24, 2.45) is 0 Å². The average molecular weight is 213 g/mol. The lowest BCUT2D eigenvalue weighted by Gasteiger charge is -2.17. The van der Waals surface area contributed by atoms with Crippen molar-refractivity contribution in [1.82, 2.24) is 4.98 Å². The molecule has 3 N–H and O–H groups in total. The van der Waals surface area contributed by atoms with Crippen LogP contribution in [0, 0.1) is 0 Å². The van der Waals surface area contributed by atoms with Gasteiger partial charge in [-0.05, 0) is 40.6 Å². The van der Waals surface area contributed by atoms with Gasteiger partial charge in [0.15, 0.2) is 0 Å². The molecule has 0 atom stereocenters.